The van der Waals surface area contributed by atoms with Gasteiger partial charge in [-0.25, -0.2) is 0 Å². The third-order valence-electron chi connectivity index (χ3n) is 3.09. The summed E-state index contributed by atoms with van der Waals surface area (Å²) in [5, 5.41) is 0. The molecule has 0 aliphatic rings. The van der Waals surface area contributed by atoms with E-state index < -0.39 is 0 Å². The molecule has 1 aromatic carbocycles. The van der Waals surface area contributed by atoms with Gasteiger partial charge in [0.05, 0.1) is 6.61 Å². The van der Waals surface area contributed by atoms with Gasteiger partial charge < -0.3 is 4.74 Å². The zero-order valence-electron chi connectivity index (χ0n) is 11.6. The van der Waals surface area contributed by atoms with Crippen molar-refractivity contribution in [2.45, 2.75) is 34.6 Å². The minimum absolute atomic E-state index is 0.237. The molecule has 2 heteroatoms. The second-order valence-electron chi connectivity index (χ2n) is 5.88. The zero-order chi connectivity index (χ0) is 13.1. The van der Waals surface area contributed by atoms with Crippen molar-refractivity contribution in [2.24, 2.45) is 11.3 Å². The first-order chi connectivity index (χ1) is 7.82. The Morgan fingerprint density at radius 2 is 1.65 bits per heavy atom. The van der Waals surface area contributed by atoms with Crippen molar-refractivity contribution in [3.63, 3.8) is 0 Å². The second kappa shape index (κ2) is 5.81. The van der Waals surface area contributed by atoms with Crippen LogP contribution in [0.1, 0.15) is 31.9 Å². The third kappa shape index (κ3) is 4.63. The van der Waals surface area contributed by atoms with Gasteiger partial charge in [0.15, 0.2) is 0 Å². The van der Waals surface area contributed by atoms with Crippen molar-refractivity contribution < 1.29 is 4.74 Å². The standard InChI is InChI=1S/C15H24OS/c1-11-6-12(2)8-14(7-11)16-9-13(10-17)15(3,4)5/h6-8,13,17H,9-10H2,1-5H3. The lowest BCUT2D eigenvalue weighted by Crippen LogP contribution is -2.28. The van der Waals surface area contributed by atoms with Crippen LogP contribution in [0, 0.1) is 25.2 Å². The summed E-state index contributed by atoms with van der Waals surface area (Å²) in [6.45, 7) is 11.6. The fourth-order valence-electron chi connectivity index (χ4n) is 1.79. The normalized spacial score (nSPS) is 13.5. The lowest BCUT2D eigenvalue weighted by atomic mass is 9.82. The van der Waals surface area contributed by atoms with Crippen molar-refractivity contribution in [3.8, 4) is 5.75 Å². The molecule has 1 aromatic rings. The highest BCUT2D eigenvalue weighted by Crippen LogP contribution is 2.28. The van der Waals surface area contributed by atoms with E-state index in [1.807, 2.05) is 0 Å². The molecule has 17 heavy (non-hydrogen) atoms. The van der Waals surface area contributed by atoms with Crippen LogP contribution in [0.3, 0.4) is 0 Å². The maximum Gasteiger partial charge on any atom is 0.119 e. The van der Waals surface area contributed by atoms with Gasteiger partial charge in [-0.05, 0) is 48.3 Å². The van der Waals surface area contributed by atoms with Gasteiger partial charge >= 0.3 is 0 Å². The molecule has 0 aromatic heterocycles. The molecule has 0 saturated heterocycles. The molecule has 1 rings (SSSR count). The van der Waals surface area contributed by atoms with E-state index in [1.54, 1.807) is 0 Å². The Morgan fingerprint density at radius 1 is 1.12 bits per heavy atom. The van der Waals surface area contributed by atoms with Crippen LogP contribution in [0.5, 0.6) is 5.75 Å². The highest BCUT2D eigenvalue weighted by atomic mass is 32.1. The average Bonchev–Trinajstić information content (AvgIpc) is 2.14. The summed E-state index contributed by atoms with van der Waals surface area (Å²) in [7, 11) is 0. The molecule has 0 radical (unpaired) electrons. The molecular formula is C15H24OS. The van der Waals surface area contributed by atoms with Gasteiger partial charge in [-0.2, -0.15) is 12.6 Å². The minimum atomic E-state index is 0.237. The van der Waals surface area contributed by atoms with Crippen LogP contribution in [-0.2, 0) is 0 Å². The summed E-state index contributed by atoms with van der Waals surface area (Å²) in [6.07, 6.45) is 0. The lowest BCUT2D eigenvalue weighted by Gasteiger charge is -2.29. The Bertz CT molecular complexity index is 345. The van der Waals surface area contributed by atoms with Crippen molar-refractivity contribution in [1.82, 2.24) is 0 Å². The van der Waals surface area contributed by atoms with Gasteiger partial charge in [0.2, 0.25) is 0 Å². The third-order valence-corrected chi connectivity index (χ3v) is 3.53. The van der Waals surface area contributed by atoms with Gasteiger partial charge in [-0.1, -0.05) is 26.8 Å². The Hall–Kier alpha value is -0.630. The molecule has 0 saturated carbocycles. The van der Waals surface area contributed by atoms with Crippen LogP contribution in [0.2, 0.25) is 0 Å². The average molecular weight is 252 g/mol. The van der Waals surface area contributed by atoms with Gasteiger partial charge in [-0.3, -0.25) is 0 Å². The first-order valence-electron chi connectivity index (χ1n) is 6.15. The minimum Gasteiger partial charge on any atom is -0.493 e. The Kier molecular flexibility index (Phi) is 4.93. The predicted molar refractivity (Wildman–Crippen MR) is 78.2 cm³/mol. The molecule has 1 unspecified atom stereocenters. The van der Waals surface area contributed by atoms with Gasteiger partial charge in [0, 0.05) is 5.92 Å². The molecule has 0 heterocycles. The van der Waals surface area contributed by atoms with E-state index in [0.29, 0.717) is 5.92 Å². The number of aryl methyl sites for hydroxylation is 2. The van der Waals surface area contributed by atoms with E-state index in [9.17, 15) is 0 Å². The Balaban J connectivity index is 2.66. The number of hydrogen-bond acceptors (Lipinski definition) is 2. The topological polar surface area (TPSA) is 9.23 Å². The van der Waals surface area contributed by atoms with Gasteiger partial charge in [0.25, 0.3) is 0 Å². The number of benzene rings is 1. The fraction of sp³-hybridized carbons (Fsp3) is 0.600. The van der Waals surface area contributed by atoms with Crippen molar-refractivity contribution >= 4 is 12.6 Å². The van der Waals surface area contributed by atoms with Gasteiger partial charge in [-0.15, -0.1) is 0 Å². The molecule has 0 amide bonds. The molecule has 0 bridgehead atoms. The van der Waals surface area contributed by atoms with E-state index in [4.69, 9.17) is 4.74 Å². The van der Waals surface area contributed by atoms with E-state index in [0.717, 1.165) is 18.1 Å². The van der Waals surface area contributed by atoms with Crippen molar-refractivity contribution in [1.29, 1.82) is 0 Å². The summed E-state index contributed by atoms with van der Waals surface area (Å²) in [5.41, 5.74) is 2.73. The van der Waals surface area contributed by atoms with Crippen LogP contribution < -0.4 is 4.74 Å². The first-order valence-corrected chi connectivity index (χ1v) is 6.78. The molecule has 0 fully saturated rings. The number of hydrogen-bond donors (Lipinski definition) is 1. The van der Waals surface area contributed by atoms with Crippen LogP contribution >= 0.6 is 12.6 Å². The van der Waals surface area contributed by atoms with Crippen molar-refractivity contribution in [3.05, 3.63) is 29.3 Å². The molecule has 1 atom stereocenters. The summed E-state index contributed by atoms with van der Waals surface area (Å²) in [6, 6.07) is 6.34. The molecular weight excluding hydrogens is 228 g/mol. The molecule has 96 valence electrons. The van der Waals surface area contributed by atoms with E-state index in [-0.39, 0.29) is 5.41 Å². The number of thiol groups is 1. The summed E-state index contributed by atoms with van der Waals surface area (Å²) in [4.78, 5) is 0. The quantitative estimate of drug-likeness (QED) is 0.787. The van der Waals surface area contributed by atoms with Crippen LogP contribution in [0.15, 0.2) is 18.2 Å². The van der Waals surface area contributed by atoms with Crippen LogP contribution in [0.4, 0.5) is 0 Å². The fourth-order valence-corrected chi connectivity index (χ4v) is 2.44. The highest BCUT2D eigenvalue weighted by Gasteiger charge is 2.23. The zero-order valence-corrected chi connectivity index (χ0v) is 12.5. The summed E-state index contributed by atoms with van der Waals surface area (Å²) < 4.78 is 5.90. The van der Waals surface area contributed by atoms with E-state index in [1.165, 1.54) is 11.1 Å². The molecule has 0 N–H and O–H groups in total. The highest BCUT2D eigenvalue weighted by molar-refractivity contribution is 7.80. The number of rotatable bonds is 4. The van der Waals surface area contributed by atoms with Gasteiger partial charge in [0.1, 0.15) is 5.75 Å². The lowest BCUT2D eigenvalue weighted by molar-refractivity contribution is 0.165. The molecule has 0 spiro atoms. The summed E-state index contributed by atoms with van der Waals surface area (Å²) in [5.74, 6) is 2.29. The second-order valence-corrected chi connectivity index (χ2v) is 6.25. The van der Waals surface area contributed by atoms with Crippen LogP contribution in [0.25, 0.3) is 0 Å². The molecule has 1 nitrogen and oxygen atoms in total. The SMILES string of the molecule is Cc1cc(C)cc(OCC(CS)C(C)(C)C)c1. The monoisotopic (exact) mass is 252 g/mol. The van der Waals surface area contributed by atoms with Crippen molar-refractivity contribution in [2.75, 3.05) is 12.4 Å². The Morgan fingerprint density at radius 3 is 2.06 bits per heavy atom. The van der Waals surface area contributed by atoms with Crippen LogP contribution in [-0.4, -0.2) is 12.4 Å². The largest absolute Gasteiger partial charge is 0.493 e. The summed E-state index contributed by atoms with van der Waals surface area (Å²) >= 11 is 4.42. The van der Waals surface area contributed by atoms with E-state index in [2.05, 4.69) is 65.4 Å². The molecule has 0 aliphatic heterocycles. The molecule has 0 aliphatic carbocycles. The number of ether oxygens (including phenoxy) is 1. The van der Waals surface area contributed by atoms with E-state index >= 15 is 0 Å². The Labute approximate surface area is 111 Å². The maximum atomic E-state index is 5.90. The first kappa shape index (κ1) is 14.4. The maximum absolute atomic E-state index is 5.90. The smallest absolute Gasteiger partial charge is 0.119 e. The predicted octanol–water partition coefficient (Wildman–Crippen LogP) is 4.27.